The predicted molar refractivity (Wildman–Crippen MR) is 225 cm³/mol. The Kier molecular flexibility index (Phi) is 17.9. The van der Waals surface area contributed by atoms with Gasteiger partial charge in [-0.1, -0.05) is 74.4 Å². The first kappa shape index (κ1) is 47.0. The summed E-state index contributed by atoms with van der Waals surface area (Å²) >= 11 is 0. The van der Waals surface area contributed by atoms with Crippen molar-refractivity contribution in [3.63, 3.8) is 0 Å². The first-order valence-electron chi connectivity index (χ1n) is 17.2. The van der Waals surface area contributed by atoms with Crippen molar-refractivity contribution in [1.82, 2.24) is 0 Å². The summed E-state index contributed by atoms with van der Waals surface area (Å²) in [4.78, 5) is 67.0. The van der Waals surface area contributed by atoms with E-state index in [1.165, 1.54) is 48.5 Å². The van der Waals surface area contributed by atoms with E-state index < -0.39 is 17.9 Å². The average molecular weight is 864 g/mol. The maximum atomic E-state index is 11.9. The van der Waals surface area contributed by atoms with E-state index in [4.69, 9.17) is 14.2 Å². The maximum Gasteiger partial charge on any atom is 0.343 e. The third kappa shape index (κ3) is 13.9. The van der Waals surface area contributed by atoms with Crippen molar-refractivity contribution in [2.75, 3.05) is 0 Å². The van der Waals surface area contributed by atoms with E-state index in [9.17, 15) is 44.4 Å². The summed E-state index contributed by atoms with van der Waals surface area (Å²) in [6.45, 7) is 10.9. The van der Waals surface area contributed by atoms with E-state index in [0.29, 0.717) is 17.2 Å². The molecule has 16 heteroatoms. The van der Waals surface area contributed by atoms with E-state index in [1.807, 2.05) is 0 Å². The van der Waals surface area contributed by atoms with Gasteiger partial charge >= 0.3 is 17.9 Å². The van der Waals surface area contributed by atoms with Gasteiger partial charge in [0.25, 0.3) is 0 Å². The normalized spacial score (nSPS) is 9.64. The van der Waals surface area contributed by atoms with Crippen LogP contribution in [0.5, 0.6) is 34.5 Å². The molecule has 6 aromatic carbocycles. The maximum absolute atomic E-state index is 11.9. The first-order valence-corrected chi connectivity index (χ1v) is 17.2. The van der Waals surface area contributed by atoms with Gasteiger partial charge in [0.2, 0.25) is 0 Å². The molecule has 61 heavy (non-hydrogen) atoms. The van der Waals surface area contributed by atoms with Crippen LogP contribution in [0.25, 0.3) is 18.2 Å². The summed E-state index contributed by atoms with van der Waals surface area (Å²) in [7, 11) is 0. The van der Waals surface area contributed by atoms with Crippen molar-refractivity contribution in [3.8, 4) is 34.5 Å². The molecule has 0 aliphatic rings. The fourth-order valence-electron chi connectivity index (χ4n) is 4.73. The number of aromatic hydroxyl groups is 3. The van der Waals surface area contributed by atoms with Gasteiger partial charge in [0, 0.05) is 23.1 Å². The van der Waals surface area contributed by atoms with Gasteiger partial charge in [0.1, 0.15) is 51.6 Å². The molecule has 0 heterocycles. The van der Waals surface area contributed by atoms with Gasteiger partial charge in [-0.05, 0) is 117 Å². The summed E-state index contributed by atoms with van der Waals surface area (Å²) in [6, 6.07) is 31.4. The minimum absolute atomic E-state index is 0. The second-order valence-electron chi connectivity index (χ2n) is 11.9. The number of benzene rings is 6. The first-order chi connectivity index (χ1) is 28.9. The molecule has 0 amide bonds. The van der Waals surface area contributed by atoms with Gasteiger partial charge in [0.15, 0.2) is 0 Å². The summed E-state index contributed by atoms with van der Waals surface area (Å²) in [5.41, 5.74) is 2.56. The van der Waals surface area contributed by atoms with Crippen LogP contribution in [-0.2, 0) is 17.1 Å². The Hall–Kier alpha value is -8.33. The van der Waals surface area contributed by atoms with Crippen LogP contribution < -0.4 is 14.2 Å². The van der Waals surface area contributed by atoms with Crippen LogP contribution in [0.15, 0.2) is 163 Å². The second-order valence-corrected chi connectivity index (χ2v) is 11.9. The number of carbonyl (C=O) groups is 3. The monoisotopic (exact) mass is 863 g/mol. The van der Waals surface area contributed by atoms with Crippen molar-refractivity contribution in [1.29, 1.82) is 0 Å². The van der Waals surface area contributed by atoms with Gasteiger partial charge in [-0.15, -0.1) is 14.7 Å². The predicted octanol–water partition coefficient (Wildman–Crippen LogP) is 11.0. The van der Waals surface area contributed by atoms with Crippen LogP contribution in [0.4, 0.5) is 17.1 Å². The number of phenolic OH excluding ortho intramolecular Hbond substituents is 3. The third-order valence-corrected chi connectivity index (χ3v) is 7.84. The number of esters is 3. The van der Waals surface area contributed by atoms with E-state index in [0.717, 1.165) is 22.8 Å². The second kappa shape index (κ2) is 23.2. The molecule has 0 radical (unpaired) electrons. The number of rotatable bonds is 12. The zero-order valence-electron chi connectivity index (χ0n) is 31.7. The quantitative estimate of drug-likeness (QED) is 0.0452. The molecule has 0 fully saturated rings. The SMILES string of the molecule is C=Cc1ccc(OC(=O)c2cc(O)cc(N=O)c2)cc1.C=Cc1ccc(OC(=O)c2ccc(O)c(N=O)c2)cc1.C=Cc1ccc(OC(=O)c2ccc(O)c(N=O)c2)cc1.[Fe]. The number of hydrogen-bond acceptors (Lipinski definition) is 15. The Bertz CT molecular complexity index is 2440. The van der Waals surface area contributed by atoms with Crippen LogP contribution in [-0.4, -0.2) is 33.2 Å². The Labute approximate surface area is 358 Å². The van der Waals surface area contributed by atoms with Crippen molar-refractivity contribution in [2.24, 2.45) is 15.5 Å². The molecule has 0 aliphatic carbocycles. The Morgan fingerprint density at radius 1 is 0.443 bits per heavy atom. The summed E-state index contributed by atoms with van der Waals surface area (Å²) in [6.07, 6.45) is 5.02. The van der Waals surface area contributed by atoms with Gasteiger partial charge < -0.3 is 29.5 Å². The zero-order valence-corrected chi connectivity index (χ0v) is 32.8. The molecular weight excluding hydrogens is 830 g/mol. The number of hydrogen-bond donors (Lipinski definition) is 3. The van der Waals surface area contributed by atoms with Gasteiger partial charge in [-0.25, -0.2) is 14.4 Å². The van der Waals surface area contributed by atoms with E-state index in [2.05, 4.69) is 35.3 Å². The topological polar surface area (TPSA) is 228 Å². The molecule has 0 spiro atoms. The summed E-state index contributed by atoms with van der Waals surface area (Å²) in [5.74, 6) is -1.66. The smallest absolute Gasteiger partial charge is 0.343 e. The van der Waals surface area contributed by atoms with Gasteiger partial charge in [0.05, 0.1) is 16.7 Å². The summed E-state index contributed by atoms with van der Waals surface area (Å²) in [5, 5.41) is 35.9. The molecule has 0 bridgehead atoms. The zero-order chi connectivity index (χ0) is 43.6. The van der Waals surface area contributed by atoms with Crippen molar-refractivity contribution in [2.45, 2.75) is 0 Å². The molecule has 0 aliphatic heterocycles. The molecule has 15 nitrogen and oxygen atoms in total. The number of carbonyl (C=O) groups excluding carboxylic acids is 3. The van der Waals surface area contributed by atoms with Crippen LogP contribution >= 0.6 is 0 Å². The molecule has 0 saturated carbocycles. The fraction of sp³-hybridized carbons (Fsp3) is 0. The molecule has 6 rings (SSSR count). The van der Waals surface area contributed by atoms with Crippen LogP contribution in [0.3, 0.4) is 0 Å². The fourth-order valence-corrected chi connectivity index (χ4v) is 4.73. The molecule has 0 aromatic heterocycles. The Balaban J connectivity index is 0.000000242. The van der Waals surface area contributed by atoms with Gasteiger partial charge in [-0.3, -0.25) is 0 Å². The molecular formula is C45H33FeN3O12. The molecule has 3 N–H and O–H groups in total. The number of ether oxygens (including phenoxy) is 3. The van der Waals surface area contributed by atoms with Crippen molar-refractivity contribution < 1.29 is 61.0 Å². The summed E-state index contributed by atoms with van der Waals surface area (Å²) < 4.78 is 15.4. The van der Waals surface area contributed by atoms with Crippen molar-refractivity contribution in [3.05, 3.63) is 195 Å². The minimum Gasteiger partial charge on any atom is -0.508 e. The van der Waals surface area contributed by atoms with E-state index in [1.54, 1.807) is 91.0 Å². The van der Waals surface area contributed by atoms with E-state index >= 15 is 0 Å². The van der Waals surface area contributed by atoms with Gasteiger partial charge in [-0.2, -0.15) is 0 Å². The molecule has 308 valence electrons. The molecule has 0 atom stereocenters. The van der Waals surface area contributed by atoms with Crippen LogP contribution in [0.2, 0.25) is 0 Å². The largest absolute Gasteiger partial charge is 0.508 e. The Morgan fingerprint density at radius 3 is 1.10 bits per heavy atom. The average Bonchev–Trinajstić information content (AvgIpc) is 3.27. The Morgan fingerprint density at radius 2 is 0.787 bits per heavy atom. The van der Waals surface area contributed by atoms with Crippen LogP contribution in [0.1, 0.15) is 47.8 Å². The third-order valence-electron chi connectivity index (χ3n) is 7.84. The standard InChI is InChI=1S/3C15H11NO4.Fe/c2*1-2-10-3-6-12(7-4-10)20-15(18)11-5-8-14(17)13(9-11)16-19;1-2-10-3-5-14(6-4-10)20-15(18)11-7-12(16-19)9-13(17)8-11;/h3*2-9,17H,1H2;. The molecule has 6 aromatic rings. The minimum atomic E-state index is -0.683. The number of nitroso groups, excluding NO2 is 3. The molecule has 0 saturated heterocycles. The number of nitrogens with zero attached hydrogens (tertiary/aromatic N) is 3. The molecule has 0 unspecified atom stereocenters. The number of phenols is 3. The van der Waals surface area contributed by atoms with Crippen molar-refractivity contribution >= 4 is 53.2 Å². The van der Waals surface area contributed by atoms with E-state index in [-0.39, 0.29) is 68.1 Å². The van der Waals surface area contributed by atoms with Crippen LogP contribution in [0, 0.1) is 14.7 Å².